The SMILES string of the molecule is Cc1cnc(NC(=S)NCC2(c3ccc(F)cc3)CCCC2)c(Br)c1. The Kier molecular flexibility index (Phi) is 5.69. The van der Waals surface area contributed by atoms with E-state index in [1.54, 1.807) is 18.3 Å². The number of anilines is 1. The van der Waals surface area contributed by atoms with Crippen LogP contribution >= 0.6 is 28.1 Å². The van der Waals surface area contributed by atoms with Gasteiger partial charge in [0, 0.05) is 18.2 Å². The van der Waals surface area contributed by atoms with Crippen molar-refractivity contribution in [3.8, 4) is 0 Å². The predicted octanol–water partition coefficient (Wildman–Crippen LogP) is 5.09. The third kappa shape index (κ3) is 4.36. The fourth-order valence-corrected chi connectivity index (χ4v) is 4.18. The van der Waals surface area contributed by atoms with Crippen LogP contribution in [0.15, 0.2) is 41.0 Å². The van der Waals surface area contributed by atoms with Gasteiger partial charge in [-0.25, -0.2) is 9.37 Å². The lowest BCUT2D eigenvalue weighted by molar-refractivity contribution is 0.434. The van der Waals surface area contributed by atoms with E-state index >= 15 is 0 Å². The van der Waals surface area contributed by atoms with Crippen molar-refractivity contribution in [2.24, 2.45) is 0 Å². The molecule has 132 valence electrons. The second-order valence-electron chi connectivity index (χ2n) is 6.65. The van der Waals surface area contributed by atoms with E-state index in [2.05, 4.69) is 31.5 Å². The van der Waals surface area contributed by atoms with Gasteiger partial charge in [0.05, 0.1) is 4.47 Å². The molecule has 0 bridgehead atoms. The Morgan fingerprint density at radius 1 is 1.28 bits per heavy atom. The van der Waals surface area contributed by atoms with Gasteiger partial charge >= 0.3 is 0 Å². The number of hydrogen-bond acceptors (Lipinski definition) is 2. The topological polar surface area (TPSA) is 37.0 Å². The molecule has 0 atom stereocenters. The number of nitrogens with zero attached hydrogens (tertiary/aromatic N) is 1. The van der Waals surface area contributed by atoms with Crippen LogP contribution in [0.1, 0.15) is 36.8 Å². The fourth-order valence-electron chi connectivity index (χ4n) is 3.45. The highest BCUT2D eigenvalue weighted by molar-refractivity contribution is 9.10. The number of benzene rings is 1. The first-order chi connectivity index (χ1) is 12.0. The van der Waals surface area contributed by atoms with E-state index in [4.69, 9.17) is 12.2 Å². The average molecular weight is 422 g/mol. The normalized spacial score (nSPS) is 15.8. The van der Waals surface area contributed by atoms with Crippen LogP contribution in [0.4, 0.5) is 10.2 Å². The molecule has 1 saturated carbocycles. The summed E-state index contributed by atoms with van der Waals surface area (Å²) in [5.41, 5.74) is 2.27. The summed E-state index contributed by atoms with van der Waals surface area (Å²) in [5.74, 6) is 0.502. The molecule has 3 rings (SSSR count). The highest BCUT2D eigenvalue weighted by atomic mass is 79.9. The van der Waals surface area contributed by atoms with Crippen molar-refractivity contribution in [2.75, 3.05) is 11.9 Å². The Morgan fingerprint density at radius 2 is 1.96 bits per heavy atom. The van der Waals surface area contributed by atoms with E-state index in [0.29, 0.717) is 10.9 Å². The standard InChI is InChI=1S/C19H21BrFN3S/c1-13-10-16(20)17(22-11-13)24-18(25)23-12-19(8-2-3-9-19)14-4-6-15(21)7-5-14/h4-7,10-11H,2-3,8-9,12H2,1H3,(H2,22,23,24,25). The summed E-state index contributed by atoms with van der Waals surface area (Å²) in [6.45, 7) is 2.72. The molecule has 0 aliphatic heterocycles. The second-order valence-corrected chi connectivity index (χ2v) is 7.91. The summed E-state index contributed by atoms with van der Waals surface area (Å²) in [5, 5.41) is 7.02. The Morgan fingerprint density at radius 3 is 2.60 bits per heavy atom. The summed E-state index contributed by atoms with van der Waals surface area (Å²) < 4.78 is 14.1. The van der Waals surface area contributed by atoms with Crippen molar-refractivity contribution in [1.82, 2.24) is 10.3 Å². The Bertz CT molecular complexity index is 758. The molecule has 1 heterocycles. The highest BCUT2D eigenvalue weighted by Gasteiger charge is 2.35. The van der Waals surface area contributed by atoms with Crippen molar-refractivity contribution in [3.05, 3.63) is 57.9 Å². The van der Waals surface area contributed by atoms with Gasteiger partial charge in [-0.1, -0.05) is 25.0 Å². The number of thiocarbonyl (C=S) groups is 1. The molecule has 0 saturated heterocycles. The van der Waals surface area contributed by atoms with E-state index in [-0.39, 0.29) is 11.2 Å². The number of pyridine rings is 1. The average Bonchev–Trinajstić information content (AvgIpc) is 3.06. The van der Waals surface area contributed by atoms with E-state index in [0.717, 1.165) is 29.4 Å². The first kappa shape index (κ1) is 18.3. The lowest BCUT2D eigenvalue weighted by Gasteiger charge is -2.30. The Balaban J connectivity index is 1.67. The maximum absolute atomic E-state index is 13.3. The van der Waals surface area contributed by atoms with Crippen LogP contribution < -0.4 is 10.6 Å². The van der Waals surface area contributed by atoms with Gasteiger partial charge in [0.2, 0.25) is 0 Å². The zero-order chi connectivity index (χ0) is 17.9. The third-order valence-corrected chi connectivity index (χ3v) is 5.67. The maximum atomic E-state index is 13.3. The van der Waals surface area contributed by atoms with E-state index in [1.165, 1.54) is 18.4 Å². The second kappa shape index (κ2) is 7.79. The Labute approximate surface area is 161 Å². The van der Waals surface area contributed by atoms with Gasteiger partial charge in [0.15, 0.2) is 5.11 Å². The van der Waals surface area contributed by atoms with Gasteiger partial charge in [-0.05, 0) is 77.2 Å². The minimum absolute atomic E-state index is 0.0113. The molecule has 1 aliphatic rings. The molecule has 2 aromatic rings. The Hall–Kier alpha value is -1.53. The van der Waals surface area contributed by atoms with Gasteiger partial charge in [-0.15, -0.1) is 0 Å². The monoisotopic (exact) mass is 421 g/mol. The summed E-state index contributed by atoms with van der Waals surface area (Å²) in [6.07, 6.45) is 6.34. The summed E-state index contributed by atoms with van der Waals surface area (Å²) in [4.78, 5) is 4.36. The summed E-state index contributed by atoms with van der Waals surface area (Å²) >= 11 is 8.94. The predicted molar refractivity (Wildman–Crippen MR) is 107 cm³/mol. The fraction of sp³-hybridized carbons (Fsp3) is 0.368. The van der Waals surface area contributed by atoms with Crippen molar-refractivity contribution in [2.45, 2.75) is 38.0 Å². The van der Waals surface area contributed by atoms with Crippen molar-refractivity contribution >= 4 is 39.1 Å². The lowest BCUT2D eigenvalue weighted by Crippen LogP contribution is -2.41. The summed E-state index contributed by atoms with van der Waals surface area (Å²) in [7, 11) is 0. The zero-order valence-electron chi connectivity index (χ0n) is 14.1. The van der Waals surface area contributed by atoms with Gasteiger partial charge in [0.25, 0.3) is 0 Å². The number of hydrogen-bond donors (Lipinski definition) is 2. The zero-order valence-corrected chi connectivity index (χ0v) is 16.5. The number of rotatable bonds is 4. The smallest absolute Gasteiger partial charge is 0.172 e. The van der Waals surface area contributed by atoms with Crippen molar-refractivity contribution in [1.29, 1.82) is 0 Å². The van der Waals surface area contributed by atoms with Crippen LogP contribution in [0.3, 0.4) is 0 Å². The molecular weight excluding hydrogens is 401 g/mol. The molecule has 1 fully saturated rings. The van der Waals surface area contributed by atoms with Crippen LogP contribution in [0.5, 0.6) is 0 Å². The molecule has 0 radical (unpaired) electrons. The van der Waals surface area contributed by atoms with Crippen LogP contribution in [0, 0.1) is 12.7 Å². The van der Waals surface area contributed by atoms with Crippen LogP contribution in [0.2, 0.25) is 0 Å². The number of aryl methyl sites for hydroxylation is 1. The number of nitrogens with one attached hydrogen (secondary N) is 2. The van der Waals surface area contributed by atoms with Crippen LogP contribution in [-0.2, 0) is 5.41 Å². The molecule has 0 unspecified atom stereocenters. The van der Waals surface area contributed by atoms with E-state index in [9.17, 15) is 4.39 Å². The highest BCUT2D eigenvalue weighted by Crippen LogP contribution is 2.40. The molecular formula is C19H21BrFN3S. The molecule has 1 aromatic carbocycles. The van der Waals surface area contributed by atoms with Gasteiger partial charge in [-0.2, -0.15) is 0 Å². The van der Waals surface area contributed by atoms with Crippen LogP contribution in [0.25, 0.3) is 0 Å². The molecule has 1 aliphatic carbocycles. The van der Waals surface area contributed by atoms with Gasteiger partial charge < -0.3 is 10.6 Å². The van der Waals surface area contributed by atoms with Crippen LogP contribution in [-0.4, -0.2) is 16.6 Å². The quantitative estimate of drug-likeness (QED) is 0.674. The van der Waals surface area contributed by atoms with Crippen molar-refractivity contribution < 1.29 is 4.39 Å². The molecule has 6 heteroatoms. The van der Waals surface area contributed by atoms with Gasteiger partial charge in [-0.3, -0.25) is 0 Å². The first-order valence-corrected chi connectivity index (χ1v) is 9.62. The minimum Gasteiger partial charge on any atom is -0.362 e. The van der Waals surface area contributed by atoms with E-state index < -0.39 is 0 Å². The van der Waals surface area contributed by atoms with Crippen molar-refractivity contribution in [3.63, 3.8) is 0 Å². The van der Waals surface area contributed by atoms with E-state index in [1.807, 2.05) is 25.1 Å². The molecule has 0 amide bonds. The molecule has 25 heavy (non-hydrogen) atoms. The van der Waals surface area contributed by atoms with Gasteiger partial charge in [0.1, 0.15) is 11.6 Å². The lowest BCUT2D eigenvalue weighted by atomic mass is 9.79. The number of halogens is 2. The molecule has 0 spiro atoms. The molecule has 1 aromatic heterocycles. The largest absolute Gasteiger partial charge is 0.362 e. The third-order valence-electron chi connectivity index (χ3n) is 4.81. The first-order valence-electron chi connectivity index (χ1n) is 8.42. The summed E-state index contributed by atoms with van der Waals surface area (Å²) in [6, 6.07) is 8.88. The molecule has 2 N–H and O–H groups in total. The number of aromatic nitrogens is 1. The minimum atomic E-state index is -0.197. The maximum Gasteiger partial charge on any atom is 0.172 e. The molecule has 3 nitrogen and oxygen atoms in total.